The number of morpholine rings is 1. The molecule has 0 aromatic carbocycles. The Morgan fingerprint density at radius 3 is 2.93 bits per heavy atom. The van der Waals surface area contributed by atoms with Crippen LogP contribution in [0.4, 0.5) is 0 Å². The van der Waals surface area contributed by atoms with Gasteiger partial charge in [0.25, 0.3) is 0 Å². The van der Waals surface area contributed by atoms with E-state index in [1.807, 2.05) is 0 Å². The number of hydrogen-bond acceptors (Lipinski definition) is 4. The van der Waals surface area contributed by atoms with Crippen molar-refractivity contribution in [2.75, 3.05) is 38.7 Å². The molecular weight excluding hydrogens is 198 g/mol. The summed E-state index contributed by atoms with van der Waals surface area (Å²) in [5.41, 5.74) is 0. The van der Waals surface area contributed by atoms with E-state index in [1.165, 1.54) is 0 Å². The van der Waals surface area contributed by atoms with Crippen molar-refractivity contribution >= 4 is 12.6 Å². The van der Waals surface area contributed by atoms with Crippen molar-refractivity contribution in [3.63, 3.8) is 0 Å². The molecule has 0 saturated carbocycles. The van der Waals surface area contributed by atoms with E-state index in [0.29, 0.717) is 12.1 Å². The lowest BCUT2D eigenvalue weighted by Crippen LogP contribution is -2.48. The molecule has 0 amide bonds. The van der Waals surface area contributed by atoms with Crippen molar-refractivity contribution in [3.05, 3.63) is 0 Å². The molecule has 1 saturated heterocycles. The van der Waals surface area contributed by atoms with E-state index >= 15 is 0 Å². The molecule has 0 spiro atoms. The highest BCUT2D eigenvalue weighted by molar-refractivity contribution is 7.80. The second-order valence-electron chi connectivity index (χ2n) is 3.82. The van der Waals surface area contributed by atoms with Gasteiger partial charge in [0, 0.05) is 24.9 Å². The van der Waals surface area contributed by atoms with Crippen LogP contribution < -0.4 is 0 Å². The highest BCUT2D eigenvalue weighted by atomic mass is 32.1. The molecule has 1 heterocycles. The van der Waals surface area contributed by atoms with Gasteiger partial charge < -0.3 is 9.47 Å². The molecule has 0 aliphatic carbocycles. The highest BCUT2D eigenvalue weighted by Gasteiger charge is 2.22. The zero-order valence-corrected chi connectivity index (χ0v) is 10.0. The van der Waals surface area contributed by atoms with Gasteiger partial charge in [-0.05, 0) is 13.8 Å². The fraction of sp³-hybridized carbons (Fsp3) is 1.00. The van der Waals surface area contributed by atoms with Crippen molar-refractivity contribution < 1.29 is 9.47 Å². The lowest BCUT2D eigenvalue weighted by Gasteiger charge is -2.36. The van der Waals surface area contributed by atoms with Crippen LogP contribution in [0.25, 0.3) is 0 Å². The maximum Gasteiger partial charge on any atom is 0.0674 e. The summed E-state index contributed by atoms with van der Waals surface area (Å²) in [4.78, 5) is 2.42. The van der Waals surface area contributed by atoms with Crippen LogP contribution in [0.15, 0.2) is 0 Å². The van der Waals surface area contributed by atoms with Crippen LogP contribution in [0.5, 0.6) is 0 Å². The second-order valence-corrected chi connectivity index (χ2v) is 4.27. The molecule has 0 radical (unpaired) electrons. The molecule has 0 bridgehead atoms. The first-order valence-electron chi connectivity index (χ1n) is 5.28. The van der Waals surface area contributed by atoms with Crippen molar-refractivity contribution in [1.29, 1.82) is 0 Å². The monoisotopic (exact) mass is 219 g/mol. The Hall–Kier alpha value is 0.230. The van der Waals surface area contributed by atoms with Gasteiger partial charge in [0.15, 0.2) is 0 Å². The molecule has 2 unspecified atom stereocenters. The summed E-state index contributed by atoms with van der Waals surface area (Å²) < 4.78 is 11.0. The SMILES string of the molecule is CC1CN(CCOCCS)C(C)CO1. The minimum atomic E-state index is 0.357. The Labute approximate surface area is 92.2 Å². The third-order valence-corrected chi connectivity index (χ3v) is 2.68. The molecule has 1 aliphatic rings. The van der Waals surface area contributed by atoms with Gasteiger partial charge in [0.1, 0.15) is 0 Å². The molecule has 84 valence electrons. The summed E-state index contributed by atoms with van der Waals surface area (Å²) in [6.45, 7) is 8.73. The highest BCUT2D eigenvalue weighted by Crippen LogP contribution is 2.10. The molecule has 2 atom stereocenters. The molecular formula is C10H21NO2S. The standard InChI is InChI=1S/C10H21NO2S/c1-9-8-13-10(2)7-11(9)3-4-12-5-6-14/h9-10,14H,3-8H2,1-2H3. The van der Waals surface area contributed by atoms with Crippen molar-refractivity contribution in [3.8, 4) is 0 Å². The molecule has 3 nitrogen and oxygen atoms in total. The van der Waals surface area contributed by atoms with Gasteiger partial charge in [-0.2, -0.15) is 12.6 Å². The minimum Gasteiger partial charge on any atom is -0.379 e. The van der Waals surface area contributed by atoms with Gasteiger partial charge in [-0.3, -0.25) is 4.90 Å². The fourth-order valence-electron chi connectivity index (χ4n) is 1.63. The van der Waals surface area contributed by atoms with Crippen molar-refractivity contribution in [1.82, 2.24) is 4.90 Å². The summed E-state index contributed by atoms with van der Waals surface area (Å²) in [6.07, 6.45) is 0.357. The molecule has 0 aromatic heterocycles. The van der Waals surface area contributed by atoms with E-state index in [9.17, 15) is 0 Å². The van der Waals surface area contributed by atoms with Gasteiger partial charge in [-0.25, -0.2) is 0 Å². The maximum absolute atomic E-state index is 5.55. The van der Waals surface area contributed by atoms with E-state index in [2.05, 4.69) is 31.4 Å². The Morgan fingerprint density at radius 2 is 2.21 bits per heavy atom. The van der Waals surface area contributed by atoms with Crippen molar-refractivity contribution in [2.45, 2.75) is 26.0 Å². The van der Waals surface area contributed by atoms with Crippen LogP contribution in [0.3, 0.4) is 0 Å². The van der Waals surface area contributed by atoms with Gasteiger partial charge in [0.2, 0.25) is 0 Å². The topological polar surface area (TPSA) is 21.7 Å². The normalized spacial score (nSPS) is 29.4. The molecule has 0 aromatic rings. The average Bonchev–Trinajstić information content (AvgIpc) is 2.18. The third-order valence-electron chi connectivity index (χ3n) is 2.50. The van der Waals surface area contributed by atoms with E-state index in [0.717, 1.165) is 38.7 Å². The number of nitrogens with zero attached hydrogens (tertiary/aromatic N) is 1. The first-order valence-corrected chi connectivity index (χ1v) is 5.91. The summed E-state index contributed by atoms with van der Waals surface area (Å²) >= 11 is 4.09. The van der Waals surface area contributed by atoms with Crippen LogP contribution in [0.1, 0.15) is 13.8 Å². The van der Waals surface area contributed by atoms with Crippen LogP contribution in [-0.2, 0) is 9.47 Å². The molecule has 14 heavy (non-hydrogen) atoms. The van der Waals surface area contributed by atoms with Gasteiger partial charge in [-0.15, -0.1) is 0 Å². The van der Waals surface area contributed by atoms with E-state index in [4.69, 9.17) is 9.47 Å². The quantitative estimate of drug-likeness (QED) is 0.551. The zero-order valence-electron chi connectivity index (χ0n) is 9.11. The third kappa shape index (κ3) is 4.17. The summed E-state index contributed by atoms with van der Waals surface area (Å²) in [5, 5.41) is 0. The predicted octanol–water partition coefficient (Wildman–Crippen LogP) is 1.04. The molecule has 1 aliphatic heterocycles. The molecule has 4 heteroatoms. The smallest absolute Gasteiger partial charge is 0.0674 e. The number of rotatable bonds is 5. The second kappa shape index (κ2) is 6.67. The molecule has 0 N–H and O–H groups in total. The summed E-state index contributed by atoms with van der Waals surface area (Å²) in [5.74, 6) is 0.801. The van der Waals surface area contributed by atoms with Crippen LogP contribution in [0, 0.1) is 0 Å². The number of ether oxygens (including phenoxy) is 2. The van der Waals surface area contributed by atoms with Crippen LogP contribution in [-0.4, -0.2) is 55.7 Å². The molecule has 1 fully saturated rings. The maximum atomic E-state index is 5.55. The van der Waals surface area contributed by atoms with Gasteiger partial charge >= 0.3 is 0 Å². The summed E-state index contributed by atoms with van der Waals surface area (Å²) in [7, 11) is 0. The number of hydrogen-bond donors (Lipinski definition) is 1. The lowest BCUT2D eigenvalue weighted by molar-refractivity contribution is -0.0563. The van der Waals surface area contributed by atoms with Gasteiger partial charge in [-0.1, -0.05) is 0 Å². The van der Waals surface area contributed by atoms with E-state index < -0.39 is 0 Å². The average molecular weight is 219 g/mol. The summed E-state index contributed by atoms with van der Waals surface area (Å²) in [6, 6.07) is 0.519. The lowest BCUT2D eigenvalue weighted by atomic mass is 10.2. The van der Waals surface area contributed by atoms with E-state index in [1.54, 1.807) is 0 Å². The predicted molar refractivity (Wildman–Crippen MR) is 61.1 cm³/mol. The zero-order chi connectivity index (χ0) is 10.4. The fourth-order valence-corrected chi connectivity index (χ4v) is 1.76. The Balaban J connectivity index is 2.14. The van der Waals surface area contributed by atoms with Gasteiger partial charge in [0.05, 0.1) is 25.9 Å². The minimum absolute atomic E-state index is 0.357. The Kier molecular flexibility index (Phi) is 5.86. The Morgan fingerprint density at radius 1 is 1.43 bits per heavy atom. The molecule has 1 rings (SSSR count). The van der Waals surface area contributed by atoms with Crippen LogP contribution in [0.2, 0.25) is 0 Å². The largest absolute Gasteiger partial charge is 0.379 e. The first-order chi connectivity index (χ1) is 6.74. The van der Waals surface area contributed by atoms with E-state index in [-0.39, 0.29) is 0 Å². The number of thiol groups is 1. The first kappa shape index (κ1) is 12.3. The Bertz CT molecular complexity index is 157. The van der Waals surface area contributed by atoms with Crippen LogP contribution >= 0.6 is 12.6 Å². The van der Waals surface area contributed by atoms with Crippen molar-refractivity contribution in [2.24, 2.45) is 0 Å².